The third-order valence-corrected chi connectivity index (χ3v) is 8.69. The zero-order chi connectivity index (χ0) is 34.6. The Morgan fingerprint density at radius 3 is 1.37 bits per heavy atom. The van der Waals surface area contributed by atoms with Crippen LogP contribution in [0.3, 0.4) is 0 Å². The highest BCUT2D eigenvalue weighted by atomic mass is 16.3. The molecule has 0 saturated heterocycles. The van der Waals surface area contributed by atoms with E-state index in [-0.39, 0.29) is 6.10 Å². The first-order valence-corrected chi connectivity index (χ1v) is 20.2. The van der Waals surface area contributed by atoms with Crippen LogP contribution in [0, 0.1) is 0 Å². The maximum Gasteiger partial charge on any atom is 0.0719 e. The number of nitrogens with two attached hydrogens (primary N) is 1. The van der Waals surface area contributed by atoms with Crippen LogP contribution in [-0.4, -0.2) is 74.6 Å². The molecule has 0 saturated carbocycles. The molecule has 0 aromatic rings. The lowest BCUT2D eigenvalue weighted by molar-refractivity contribution is 0.158. The van der Waals surface area contributed by atoms with Crippen molar-refractivity contribution >= 4 is 0 Å². The topological polar surface area (TPSA) is 93.8 Å². The molecular weight excluding hydrogens is 568 g/mol. The fourth-order valence-corrected chi connectivity index (χ4v) is 5.68. The van der Waals surface area contributed by atoms with Crippen molar-refractivity contribution in [1.29, 1.82) is 0 Å². The molecule has 280 valence electrons. The van der Waals surface area contributed by atoms with Crippen LogP contribution >= 0.6 is 0 Å². The van der Waals surface area contributed by atoms with E-state index in [1.54, 1.807) is 0 Å². The van der Waals surface area contributed by atoms with Crippen LogP contribution in [-0.2, 0) is 0 Å². The molecule has 0 aliphatic rings. The van der Waals surface area contributed by atoms with Crippen molar-refractivity contribution in [3.8, 4) is 0 Å². The van der Waals surface area contributed by atoms with Gasteiger partial charge in [-0.2, -0.15) is 0 Å². The maximum absolute atomic E-state index is 9.89. The second kappa shape index (κ2) is 48.7. The van der Waals surface area contributed by atoms with Gasteiger partial charge in [0.2, 0.25) is 0 Å². The molecule has 0 radical (unpaired) electrons. The Hall–Kier alpha value is -0.660. The molecular formula is C40H88N4O2. The minimum Gasteiger partial charge on any atom is -0.516 e. The van der Waals surface area contributed by atoms with Gasteiger partial charge in [-0.15, -0.1) is 0 Å². The summed E-state index contributed by atoms with van der Waals surface area (Å²) in [6.07, 6.45) is 37.5. The second-order valence-electron chi connectivity index (χ2n) is 13.5. The number of aliphatic hydroxyl groups is 2. The van der Waals surface area contributed by atoms with Gasteiger partial charge in [0.05, 0.1) is 12.4 Å². The van der Waals surface area contributed by atoms with Gasteiger partial charge in [-0.1, -0.05) is 168 Å². The Morgan fingerprint density at radius 1 is 0.609 bits per heavy atom. The highest BCUT2D eigenvalue weighted by Gasteiger charge is 2.03. The molecule has 46 heavy (non-hydrogen) atoms. The van der Waals surface area contributed by atoms with Crippen LogP contribution in [0.1, 0.15) is 187 Å². The third kappa shape index (κ3) is 52.9. The molecule has 1 atom stereocenters. The minimum atomic E-state index is -0.160. The lowest BCUT2D eigenvalue weighted by Gasteiger charge is -2.15. The Bertz CT molecular complexity index is 510. The summed E-state index contributed by atoms with van der Waals surface area (Å²) in [4.78, 5) is 2.42. The molecule has 0 aliphatic carbocycles. The van der Waals surface area contributed by atoms with E-state index in [0.717, 1.165) is 58.2 Å². The summed E-state index contributed by atoms with van der Waals surface area (Å²) in [5.41, 5.74) is 5.52. The lowest BCUT2D eigenvalue weighted by Crippen LogP contribution is -2.28. The molecule has 0 spiro atoms. The summed E-state index contributed by atoms with van der Waals surface area (Å²) < 4.78 is 0. The monoisotopic (exact) mass is 657 g/mol. The van der Waals surface area contributed by atoms with E-state index in [4.69, 9.17) is 10.8 Å². The van der Waals surface area contributed by atoms with Crippen molar-refractivity contribution < 1.29 is 10.2 Å². The first-order chi connectivity index (χ1) is 22.5. The SMILES string of the molecule is C=CO.CCCCCCCCCCCCCCC(O)CNCCCNC.CCCCCCCCCCCCCCN(C)CCCN. The van der Waals surface area contributed by atoms with Crippen LogP contribution in [0.4, 0.5) is 0 Å². The van der Waals surface area contributed by atoms with E-state index in [2.05, 4.69) is 43.0 Å². The van der Waals surface area contributed by atoms with E-state index >= 15 is 0 Å². The van der Waals surface area contributed by atoms with Crippen molar-refractivity contribution in [2.24, 2.45) is 5.73 Å². The molecule has 0 fully saturated rings. The van der Waals surface area contributed by atoms with Gasteiger partial charge in [-0.25, -0.2) is 0 Å². The minimum absolute atomic E-state index is 0.160. The molecule has 0 aromatic heterocycles. The van der Waals surface area contributed by atoms with Crippen LogP contribution < -0.4 is 16.4 Å². The molecule has 0 amide bonds. The molecule has 6 N–H and O–H groups in total. The summed E-state index contributed by atoms with van der Waals surface area (Å²) in [5.74, 6) is 0. The van der Waals surface area contributed by atoms with Crippen molar-refractivity contribution in [3.05, 3.63) is 12.8 Å². The first-order valence-electron chi connectivity index (χ1n) is 20.2. The van der Waals surface area contributed by atoms with Crippen LogP contribution in [0.2, 0.25) is 0 Å². The van der Waals surface area contributed by atoms with Gasteiger partial charge in [0.1, 0.15) is 0 Å². The number of hydrogen-bond donors (Lipinski definition) is 5. The summed E-state index contributed by atoms with van der Waals surface area (Å²) in [6.45, 7) is 13.5. The predicted octanol–water partition coefficient (Wildman–Crippen LogP) is 10.3. The van der Waals surface area contributed by atoms with Crippen molar-refractivity contribution in [1.82, 2.24) is 15.5 Å². The van der Waals surface area contributed by atoms with E-state index in [1.807, 2.05) is 7.05 Å². The Morgan fingerprint density at radius 2 is 0.978 bits per heavy atom. The summed E-state index contributed by atoms with van der Waals surface area (Å²) in [5, 5.41) is 23.7. The van der Waals surface area contributed by atoms with Gasteiger partial charge in [-0.3, -0.25) is 0 Å². The quantitative estimate of drug-likeness (QED) is 0.0344. The number of rotatable bonds is 35. The van der Waals surface area contributed by atoms with Crippen molar-refractivity contribution in [2.45, 2.75) is 193 Å². The Kier molecular flexibility index (Phi) is 52.7. The predicted molar refractivity (Wildman–Crippen MR) is 208 cm³/mol. The highest BCUT2D eigenvalue weighted by molar-refractivity contribution is 4.61. The van der Waals surface area contributed by atoms with Gasteiger partial charge in [-0.05, 0) is 72.5 Å². The third-order valence-electron chi connectivity index (χ3n) is 8.69. The van der Waals surface area contributed by atoms with E-state index in [1.165, 1.54) is 161 Å². The van der Waals surface area contributed by atoms with Gasteiger partial charge in [0.25, 0.3) is 0 Å². The number of aliphatic hydroxyl groups excluding tert-OH is 2. The van der Waals surface area contributed by atoms with E-state index in [0.29, 0.717) is 0 Å². The largest absolute Gasteiger partial charge is 0.516 e. The van der Waals surface area contributed by atoms with Crippen LogP contribution in [0.15, 0.2) is 12.8 Å². The van der Waals surface area contributed by atoms with E-state index in [9.17, 15) is 5.11 Å². The zero-order valence-corrected chi connectivity index (χ0v) is 32.1. The van der Waals surface area contributed by atoms with Gasteiger partial charge in [0.15, 0.2) is 0 Å². The Labute approximate surface area is 290 Å². The molecule has 6 nitrogen and oxygen atoms in total. The molecule has 0 heterocycles. The maximum atomic E-state index is 9.89. The standard InChI is InChI=1S/C20H44N2O.C18H40N2.C2H4O/c1-3-4-5-6-7-8-9-10-11-12-13-14-16-20(23)19-22-18-15-17-21-2;1-3-4-5-6-7-8-9-10-11-12-13-14-17-20(2)18-15-16-19;1-2-3/h20-23H,3-19H2,1-2H3;3-19H2,1-2H3;2-3H,1H2. The van der Waals surface area contributed by atoms with Crippen LogP contribution in [0.5, 0.6) is 0 Å². The second-order valence-corrected chi connectivity index (χ2v) is 13.5. The first kappa shape index (κ1) is 49.7. The number of nitrogens with one attached hydrogen (secondary N) is 2. The fraction of sp³-hybridized carbons (Fsp3) is 0.950. The zero-order valence-electron chi connectivity index (χ0n) is 32.1. The summed E-state index contributed by atoms with van der Waals surface area (Å²) in [6, 6.07) is 0. The average Bonchev–Trinajstić information content (AvgIpc) is 3.05. The summed E-state index contributed by atoms with van der Waals surface area (Å²) >= 11 is 0. The molecule has 1 unspecified atom stereocenters. The molecule has 0 aliphatic heterocycles. The van der Waals surface area contributed by atoms with Gasteiger partial charge >= 0.3 is 0 Å². The fourth-order valence-electron chi connectivity index (χ4n) is 5.68. The van der Waals surface area contributed by atoms with Crippen molar-refractivity contribution in [2.75, 3.05) is 53.4 Å². The molecule has 0 aromatic carbocycles. The number of unbranched alkanes of at least 4 members (excludes halogenated alkanes) is 22. The average molecular weight is 657 g/mol. The molecule has 6 heteroatoms. The molecule has 0 bridgehead atoms. The van der Waals surface area contributed by atoms with Crippen molar-refractivity contribution in [3.63, 3.8) is 0 Å². The van der Waals surface area contributed by atoms with Gasteiger partial charge < -0.3 is 31.5 Å². The van der Waals surface area contributed by atoms with Crippen LogP contribution in [0.25, 0.3) is 0 Å². The molecule has 0 rings (SSSR count). The summed E-state index contributed by atoms with van der Waals surface area (Å²) in [7, 11) is 4.19. The normalized spacial score (nSPS) is 11.5. The van der Waals surface area contributed by atoms with E-state index < -0.39 is 0 Å². The Balaban J connectivity index is -0.000000746. The number of hydrogen-bond acceptors (Lipinski definition) is 6. The highest BCUT2D eigenvalue weighted by Crippen LogP contribution is 2.14. The lowest BCUT2D eigenvalue weighted by atomic mass is 10.0. The smallest absolute Gasteiger partial charge is 0.0719 e. The number of nitrogens with zero attached hydrogens (tertiary/aromatic N) is 1. The van der Waals surface area contributed by atoms with Gasteiger partial charge in [0, 0.05) is 6.54 Å².